The lowest BCUT2D eigenvalue weighted by atomic mass is 9.79. The highest BCUT2D eigenvalue weighted by atomic mass is 32.1. The lowest BCUT2D eigenvalue weighted by molar-refractivity contribution is 0.00578. The first kappa shape index (κ1) is 15.5. The van der Waals surface area contributed by atoms with Gasteiger partial charge in [-0.2, -0.15) is 0 Å². The predicted octanol–water partition coefficient (Wildman–Crippen LogP) is 2.99. The fourth-order valence-corrected chi connectivity index (χ4v) is 3.40. The molecule has 1 aromatic heterocycles. The Labute approximate surface area is 134 Å². The van der Waals surface area contributed by atoms with Gasteiger partial charge >= 0.3 is 13.1 Å². The van der Waals surface area contributed by atoms with Crippen LogP contribution in [0.3, 0.4) is 0 Å². The number of carbonyl (C=O) groups excluding carboxylic acids is 1. The van der Waals surface area contributed by atoms with Crippen molar-refractivity contribution in [2.24, 2.45) is 0 Å². The zero-order valence-electron chi connectivity index (χ0n) is 13.4. The van der Waals surface area contributed by atoms with E-state index in [1.54, 1.807) is 0 Å². The Hall–Kier alpha value is -1.37. The van der Waals surface area contributed by atoms with Gasteiger partial charge in [-0.15, -0.1) is 11.3 Å². The molecule has 6 heteroatoms. The summed E-state index contributed by atoms with van der Waals surface area (Å²) in [6.07, 6.45) is 0. The van der Waals surface area contributed by atoms with Crippen LogP contribution in [0.4, 0.5) is 0 Å². The highest BCUT2D eigenvalue weighted by molar-refractivity contribution is 7.20. The lowest BCUT2D eigenvalue weighted by Gasteiger charge is -2.32. The first-order valence-electron chi connectivity index (χ1n) is 7.21. The molecule has 1 fully saturated rings. The van der Waals surface area contributed by atoms with Gasteiger partial charge in [-0.25, -0.2) is 4.79 Å². The third kappa shape index (κ3) is 2.45. The van der Waals surface area contributed by atoms with Crippen LogP contribution < -0.4 is 5.46 Å². The molecule has 0 atom stereocenters. The fourth-order valence-electron chi connectivity index (χ4n) is 2.37. The molecule has 0 amide bonds. The van der Waals surface area contributed by atoms with Crippen LogP contribution in [-0.2, 0) is 14.0 Å². The highest BCUT2D eigenvalue weighted by Gasteiger charge is 2.51. The van der Waals surface area contributed by atoms with Gasteiger partial charge in [0.2, 0.25) is 0 Å². The second kappa shape index (κ2) is 5.08. The van der Waals surface area contributed by atoms with Gasteiger partial charge in [0.05, 0.1) is 18.3 Å². The third-order valence-corrected chi connectivity index (χ3v) is 5.53. The Bertz CT molecular complexity index is 719. The fraction of sp³-hybridized carbons (Fsp3) is 0.438. The molecule has 0 bridgehead atoms. The van der Waals surface area contributed by atoms with Crippen LogP contribution in [0.1, 0.15) is 37.4 Å². The highest BCUT2D eigenvalue weighted by Crippen LogP contribution is 2.37. The minimum absolute atomic E-state index is 0.307. The Balaban J connectivity index is 1.95. The summed E-state index contributed by atoms with van der Waals surface area (Å²) in [6.45, 7) is 8.14. The van der Waals surface area contributed by atoms with Crippen molar-refractivity contribution in [1.29, 1.82) is 0 Å². The van der Waals surface area contributed by atoms with Crippen molar-refractivity contribution in [3.63, 3.8) is 0 Å². The number of thiophene rings is 1. The Morgan fingerprint density at radius 3 is 2.36 bits per heavy atom. The van der Waals surface area contributed by atoms with E-state index >= 15 is 0 Å². The van der Waals surface area contributed by atoms with E-state index in [4.69, 9.17) is 14.0 Å². The number of fused-ring (bicyclic) bond motifs is 1. The third-order valence-electron chi connectivity index (χ3n) is 4.46. The maximum absolute atomic E-state index is 11.6. The van der Waals surface area contributed by atoms with Crippen molar-refractivity contribution in [2.45, 2.75) is 38.9 Å². The van der Waals surface area contributed by atoms with Gasteiger partial charge in [0, 0.05) is 4.70 Å². The first-order valence-corrected chi connectivity index (χ1v) is 8.02. The number of esters is 1. The minimum Gasteiger partial charge on any atom is -0.465 e. The summed E-state index contributed by atoms with van der Waals surface area (Å²) in [5.41, 5.74) is 0.239. The average Bonchev–Trinajstić information content (AvgIpc) is 2.96. The van der Waals surface area contributed by atoms with Crippen LogP contribution in [0.15, 0.2) is 24.3 Å². The van der Waals surface area contributed by atoms with E-state index in [-0.39, 0.29) is 17.2 Å². The first-order chi connectivity index (χ1) is 10.2. The SMILES string of the molecule is COC(=O)c1cc2ccc(B3OC(C)(C)C(C)(C)O3)cc2s1. The van der Waals surface area contributed by atoms with Gasteiger partial charge in [-0.3, -0.25) is 0 Å². The van der Waals surface area contributed by atoms with Crippen LogP contribution in [0.2, 0.25) is 0 Å². The summed E-state index contributed by atoms with van der Waals surface area (Å²) < 4.78 is 17.9. The van der Waals surface area contributed by atoms with E-state index in [2.05, 4.69) is 0 Å². The van der Waals surface area contributed by atoms with Gasteiger partial charge in [0.1, 0.15) is 4.88 Å². The molecule has 0 N–H and O–H groups in total. The summed E-state index contributed by atoms with van der Waals surface area (Å²) in [6, 6.07) is 7.84. The number of carbonyl (C=O) groups is 1. The number of ether oxygens (including phenoxy) is 1. The molecular weight excluding hydrogens is 299 g/mol. The summed E-state index contributed by atoms with van der Waals surface area (Å²) in [7, 11) is 1.00. The molecule has 1 aromatic carbocycles. The van der Waals surface area contributed by atoms with Crippen molar-refractivity contribution in [3.05, 3.63) is 29.1 Å². The van der Waals surface area contributed by atoms with Crippen LogP contribution in [0.5, 0.6) is 0 Å². The summed E-state index contributed by atoms with van der Waals surface area (Å²) >= 11 is 1.42. The molecule has 4 nitrogen and oxygen atoms in total. The van der Waals surface area contributed by atoms with Crippen molar-refractivity contribution in [3.8, 4) is 0 Å². The molecule has 2 aromatic rings. The second-order valence-electron chi connectivity index (χ2n) is 6.49. The van der Waals surface area contributed by atoms with E-state index in [1.165, 1.54) is 18.4 Å². The standard InChI is InChI=1S/C16H19BO4S/c1-15(2)16(3,4)21-17(20-15)11-7-6-10-8-13(14(18)19-5)22-12(10)9-11/h6-9H,1-5H3. The van der Waals surface area contributed by atoms with Crippen molar-refractivity contribution < 1.29 is 18.8 Å². The van der Waals surface area contributed by atoms with Crippen LogP contribution >= 0.6 is 11.3 Å². The van der Waals surface area contributed by atoms with Gasteiger partial charge in [-0.05, 0) is 50.7 Å². The van der Waals surface area contributed by atoms with Gasteiger partial charge in [0.25, 0.3) is 0 Å². The normalized spacial score (nSPS) is 19.6. The summed E-state index contributed by atoms with van der Waals surface area (Å²) in [5.74, 6) is -0.307. The Kier molecular flexibility index (Phi) is 3.59. The summed E-state index contributed by atoms with van der Waals surface area (Å²) in [5, 5.41) is 1.02. The number of methoxy groups -OCH3 is 1. The molecule has 3 rings (SSSR count). The molecule has 2 heterocycles. The van der Waals surface area contributed by atoms with E-state index in [9.17, 15) is 4.79 Å². The van der Waals surface area contributed by atoms with Gasteiger partial charge < -0.3 is 14.0 Å². The van der Waals surface area contributed by atoms with E-state index in [0.29, 0.717) is 4.88 Å². The molecule has 1 saturated heterocycles. The Morgan fingerprint density at radius 1 is 1.14 bits per heavy atom. The molecule has 0 radical (unpaired) electrons. The molecule has 1 aliphatic heterocycles. The molecule has 0 spiro atoms. The Morgan fingerprint density at radius 2 is 1.77 bits per heavy atom. The maximum Gasteiger partial charge on any atom is 0.494 e. The van der Waals surface area contributed by atoms with Crippen molar-refractivity contribution in [2.75, 3.05) is 7.11 Å². The van der Waals surface area contributed by atoms with E-state index < -0.39 is 7.12 Å². The summed E-state index contributed by atoms with van der Waals surface area (Å²) in [4.78, 5) is 12.2. The second-order valence-corrected chi connectivity index (χ2v) is 7.57. The number of rotatable bonds is 2. The number of hydrogen-bond donors (Lipinski definition) is 0. The van der Waals surface area contributed by atoms with Crippen LogP contribution in [0, 0.1) is 0 Å². The topological polar surface area (TPSA) is 44.8 Å². The van der Waals surface area contributed by atoms with Gasteiger partial charge in [0.15, 0.2) is 0 Å². The molecule has 116 valence electrons. The zero-order chi connectivity index (χ0) is 16.1. The van der Waals surface area contributed by atoms with E-state index in [1.807, 2.05) is 52.0 Å². The van der Waals surface area contributed by atoms with Gasteiger partial charge in [-0.1, -0.05) is 12.1 Å². The van der Waals surface area contributed by atoms with Crippen molar-refractivity contribution >= 4 is 40.0 Å². The predicted molar refractivity (Wildman–Crippen MR) is 88.9 cm³/mol. The largest absolute Gasteiger partial charge is 0.494 e. The molecular formula is C16H19BO4S. The monoisotopic (exact) mass is 318 g/mol. The molecule has 0 unspecified atom stereocenters. The molecule has 22 heavy (non-hydrogen) atoms. The average molecular weight is 318 g/mol. The number of hydrogen-bond acceptors (Lipinski definition) is 5. The lowest BCUT2D eigenvalue weighted by Crippen LogP contribution is -2.41. The minimum atomic E-state index is -0.391. The van der Waals surface area contributed by atoms with Crippen LogP contribution in [0.25, 0.3) is 10.1 Å². The van der Waals surface area contributed by atoms with Crippen molar-refractivity contribution in [1.82, 2.24) is 0 Å². The molecule has 0 saturated carbocycles. The molecule has 1 aliphatic rings. The quantitative estimate of drug-likeness (QED) is 0.631. The zero-order valence-corrected chi connectivity index (χ0v) is 14.2. The smallest absolute Gasteiger partial charge is 0.465 e. The van der Waals surface area contributed by atoms with E-state index in [0.717, 1.165) is 15.5 Å². The number of benzene rings is 1. The maximum atomic E-state index is 11.6. The molecule has 0 aliphatic carbocycles. The van der Waals surface area contributed by atoms with Crippen LogP contribution in [-0.4, -0.2) is 31.4 Å².